The van der Waals surface area contributed by atoms with Crippen LogP contribution in [0.5, 0.6) is 0 Å². The topological polar surface area (TPSA) is 40.1 Å². The van der Waals surface area contributed by atoms with Crippen LogP contribution in [0.4, 0.5) is 0 Å². The van der Waals surface area contributed by atoms with Gasteiger partial charge in [-0.3, -0.25) is 9.89 Å². The molecule has 1 saturated carbocycles. The van der Waals surface area contributed by atoms with Gasteiger partial charge in [-0.05, 0) is 51.5 Å². The number of aliphatic imine (C=N–C) groups is 1. The third-order valence-electron chi connectivity index (χ3n) is 6.42. The van der Waals surface area contributed by atoms with Crippen molar-refractivity contribution in [3.8, 4) is 0 Å². The summed E-state index contributed by atoms with van der Waals surface area (Å²) in [5, 5.41) is 3.49. The number of likely N-dealkylation sites (tertiary alicyclic amines) is 1. The summed E-state index contributed by atoms with van der Waals surface area (Å²) in [5.74, 6) is 2.66. The second kappa shape index (κ2) is 10.5. The van der Waals surface area contributed by atoms with Gasteiger partial charge in [0.25, 0.3) is 0 Å². The molecule has 2 aliphatic heterocycles. The molecule has 0 amide bonds. The van der Waals surface area contributed by atoms with Crippen molar-refractivity contribution in [2.75, 3.05) is 53.0 Å². The lowest BCUT2D eigenvalue weighted by Gasteiger charge is -2.31. The molecule has 2 unspecified atom stereocenters. The molecular formula is C21H40N4O. The van der Waals surface area contributed by atoms with E-state index in [-0.39, 0.29) is 0 Å². The highest BCUT2D eigenvalue weighted by Crippen LogP contribution is 2.27. The van der Waals surface area contributed by atoms with Crippen LogP contribution in [0.15, 0.2) is 4.99 Å². The quantitative estimate of drug-likeness (QED) is 0.557. The monoisotopic (exact) mass is 364 g/mol. The minimum absolute atomic E-state index is 0.647. The molecule has 26 heavy (non-hydrogen) atoms. The number of guanidine groups is 1. The van der Waals surface area contributed by atoms with Crippen molar-refractivity contribution < 1.29 is 4.74 Å². The summed E-state index contributed by atoms with van der Waals surface area (Å²) in [6.07, 6.45) is 11.1. The summed E-state index contributed by atoms with van der Waals surface area (Å²) in [6.45, 7) is 9.50. The number of ether oxygens (including phenoxy) is 1. The van der Waals surface area contributed by atoms with Gasteiger partial charge in [0, 0.05) is 45.2 Å². The van der Waals surface area contributed by atoms with E-state index in [0.717, 1.165) is 44.7 Å². The Bertz CT molecular complexity index is 430. The molecular weight excluding hydrogens is 324 g/mol. The standard InChI is InChI=1S/C21H40N4O/c1-3-22-21(24(2)15-19-11-13-26-17-19)23-14-20-10-7-12-25(20)16-18-8-5-4-6-9-18/h18-20H,3-17H2,1-2H3,(H,22,23). The van der Waals surface area contributed by atoms with E-state index in [1.165, 1.54) is 64.5 Å². The summed E-state index contributed by atoms with van der Waals surface area (Å²) in [4.78, 5) is 10.1. The van der Waals surface area contributed by atoms with Gasteiger partial charge in [-0.1, -0.05) is 19.3 Å². The van der Waals surface area contributed by atoms with Gasteiger partial charge in [0.1, 0.15) is 0 Å². The van der Waals surface area contributed by atoms with E-state index in [1.54, 1.807) is 0 Å². The van der Waals surface area contributed by atoms with Gasteiger partial charge in [0.15, 0.2) is 5.96 Å². The van der Waals surface area contributed by atoms with E-state index < -0.39 is 0 Å². The highest BCUT2D eigenvalue weighted by atomic mass is 16.5. The van der Waals surface area contributed by atoms with E-state index >= 15 is 0 Å². The van der Waals surface area contributed by atoms with Gasteiger partial charge >= 0.3 is 0 Å². The number of hydrogen-bond donors (Lipinski definition) is 1. The molecule has 3 rings (SSSR count). The van der Waals surface area contributed by atoms with Crippen molar-refractivity contribution in [3.63, 3.8) is 0 Å². The van der Waals surface area contributed by atoms with Crippen LogP contribution in [0.3, 0.4) is 0 Å². The van der Waals surface area contributed by atoms with E-state index in [9.17, 15) is 0 Å². The molecule has 3 aliphatic rings. The molecule has 2 heterocycles. The maximum absolute atomic E-state index is 5.53. The summed E-state index contributed by atoms with van der Waals surface area (Å²) in [7, 11) is 2.17. The number of hydrogen-bond acceptors (Lipinski definition) is 3. The Morgan fingerprint density at radius 1 is 1.12 bits per heavy atom. The van der Waals surface area contributed by atoms with Crippen molar-refractivity contribution in [3.05, 3.63) is 0 Å². The highest BCUT2D eigenvalue weighted by molar-refractivity contribution is 5.79. The number of rotatable bonds is 7. The van der Waals surface area contributed by atoms with Crippen LogP contribution in [-0.4, -0.2) is 74.8 Å². The van der Waals surface area contributed by atoms with Crippen molar-refractivity contribution in [2.24, 2.45) is 16.8 Å². The largest absolute Gasteiger partial charge is 0.381 e. The van der Waals surface area contributed by atoms with Gasteiger partial charge in [0.05, 0.1) is 13.2 Å². The fourth-order valence-corrected chi connectivity index (χ4v) is 4.91. The van der Waals surface area contributed by atoms with Crippen LogP contribution in [-0.2, 0) is 4.74 Å². The zero-order chi connectivity index (χ0) is 18.2. The van der Waals surface area contributed by atoms with E-state index in [1.807, 2.05) is 0 Å². The van der Waals surface area contributed by atoms with Crippen molar-refractivity contribution in [2.45, 2.75) is 64.3 Å². The van der Waals surface area contributed by atoms with Gasteiger partial charge in [0.2, 0.25) is 0 Å². The maximum Gasteiger partial charge on any atom is 0.193 e. The van der Waals surface area contributed by atoms with Crippen LogP contribution < -0.4 is 5.32 Å². The summed E-state index contributed by atoms with van der Waals surface area (Å²) in [5.41, 5.74) is 0. The Morgan fingerprint density at radius 2 is 1.96 bits per heavy atom. The molecule has 150 valence electrons. The lowest BCUT2D eigenvalue weighted by molar-refractivity contribution is 0.181. The molecule has 1 N–H and O–H groups in total. The normalized spacial score (nSPS) is 28.6. The third kappa shape index (κ3) is 5.85. The first kappa shape index (κ1) is 19.9. The fourth-order valence-electron chi connectivity index (χ4n) is 4.91. The summed E-state index contributed by atoms with van der Waals surface area (Å²) < 4.78 is 5.53. The molecule has 0 aromatic heterocycles. The molecule has 1 aliphatic carbocycles. The molecule has 3 fully saturated rings. The fraction of sp³-hybridized carbons (Fsp3) is 0.952. The van der Waals surface area contributed by atoms with Crippen LogP contribution in [0, 0.1) is 11.8 Å². The molecule has 0 bridgehead atoms. The van der Waals surface area contributed by atoms with Gasteiger partial charge in [-0.15, -0.1) is 0 Å². The lowest BCUT2D eigenvalue weighted by atomic mass is 9.89. The molecule has 2 saturated heterocycles. The molecule has 0 radical (unpaired) electrons. The van der Waals surface area contributed by atoms with Crippen LogP contribution in [0.1, 0.15) is 58.3 Å². The summed E-state index contributed by atoms with van der Waals surface area (Å²) >= 11 is 0. The first-order chi connectivity index (χ1) is 12.8. The molecule has 0 spiro atoms. The van der Waals surface area contributed by atoms with Gasteiger partial charge in [-0.25, -0.2) is 0 Å². The van der Waals surface area contributed by atoms with E-state index in [4.69, 9.17) is 9.73 Å². The zero-order valence-corrected chi connectivity index (χ0v) is 17.1. The SMILES string of the molecule is CCNC(=NCC1CCCN1CC1CCCCC1)N(C)CC1CCOC1. The molecule has 2 atom stereocenters. The predicted octanol–water partition coefficient (Wildman–Crippen LogP) is 2.96. The van der Waals surface area contributed by atoms with Crippen LogP contribution >= 0.6 is 0 Å². The van der Waals surface area contributed by atoms with Crippen LogP contribution in [0.25, 0.3) is 0 Å². The average molecular weight is 365 g/mol. The van der Waals surface area contributed by atoms with E-state index in [2.05, 4.69) is 29.1 Å². The Balaban J connectivity index is 1.51. The minimum Gasteiger partial charge on any atom is -0.381 e. The minimum atomic E-state index is 0.647. The van der Waals surface area contributed by atoms with Crippen LogP contribution in [0.2, 0.25) is 0 Å². The second-order valence-corrected chi connectivity index (χ2v) is 8.60. The van der Waals surface area contributed by atoms with Gasteiger partial charge in [-0.2, -0.15) is 0 Å². The zero-order valence-electron chi connectivity index (χ0n) is 17.1. The molecule has 5 heteroatoms. The number of nitrogens with zero attached hydrogens (tertiary/aromatic N) is 3. The number of nitrogens with one attached hydrogen (secondary N) is 1. The second-order valence-electron chi connectivity index (χ2n) is 8.60. The molecule has 0 aromatic carbocycles. The summed E-state index contributed by atoms with van der Waals surface area (Å²) in [6, 6.07) is 0.647. The Hall–Kier alpha value is -0.810. The Kier molecular flexibility index (Phi) is 8.06. The van der Waals surface area contributed by atoms with Crippen molar-refractivity contribution in [1.29, 1.82) is 0 Å². The maximum atomic E-state index is 5.53. The Morgan fingerprint density at radius 3 is 2.69 bits per heavy atom. The third-order valence-corrected chi connectivity index (χ3v) is 6.42. The Labute approximate surface area is 160 Å². The first-order valence-electron chi connectivity index (χ1n) is 11.1. The molecule has 5 nitrogen and oxygen atoms in total. The first-order valence-corrected chi connectivity index (χ1v) is 11.1. The van der Waals surface area contributed by atoms with Crippen molar-refractivity contribution in [1.82, 2.24) is 15.1 Å². The lowest BCUT2D eigenvalue weighted by Crippen LogP contribution is -2.43. The smallest absolute Gasteiger partial charge is 0.193 e. The van der Waals surface area contributed by atoms with Gasteiger partial charge < -0.3 is 15.0 Å². The predicted molar refractivity (Wildman–Crippen MR) is 109 cm³/mol. The van der Waals surface area contributed by atoms with Crippen molar-refractivity contribution >= 4 is 5.96 Å². The molecule has 0 aromatic rings. The highest BCUT2D eigenvalue weighted by Gasteiger charge is 2.27. The average Bonchev–Trinajstić information content (AvgIpc) is 3.31. The van der Waals surface area contributed by atoms with E-state index in [0.29, 0.717) is 12.0 Å².